The topological polar surface area (TPSA) is 156 Å². The third-order valence-corrected chi connectivity index (χ3v) is 7.55. The number of carbonyl (C=O) groups is 3. The number of piperazine rings is 1. The summed E-state index contributed by atoms with van der Waals surface area (Å²) in [5, 5.41) is 19.7. The first-order valence-corrected chi connectivity index (χ1v) is 14.0. The van der Waals surface area contributed by atoms with Crippen molar-refractivity contribution in [1.29, 1.82) is 0 Å². The van der Waals surface area contributed by atoms with Crippen LogP contribution in [-0.4, -0.2) is 86.8 Å². The zero-order valence-corrected chi connectivity index (χ0v) is 23.6. The van der Waals surface area contributed by atoms with Crippen molar-refractivity contribution in [3.8, 4) is 0 Å². The van der Waals surface area contributed by atoms with Crippen LogP contribution < -0.4 is 14.9 Å². The number of halogens is 3. The van der Waals surface area contributed by atoms with Crippen LogP contribution in [0.5, 0.6) is 0 Å². The first kappa shape index (κ1) is 33.4. The minimum Gasteiger partial charge on any atom is -0.478 e. The number of anilines is 2. The number of rotatable bonds is 9. The van der Waals surface area contributed by atoms with Crippen molar-refractivity contribution in [3.05, 3.63) is 53.1 Å². The van der Waals surface area contributed by atoms with E-state index in [0.29, 0.717) is 45.0 Å². The number of hydrogen-bond donors (Lipinski definition) is 4. The minimum absolute atomic E-state index is 0.00358. The van der Waals surface area contributed by atoms with Crippen LogP contribution in [0.2, 0.25) is 0 Å². The van der Waals surface area contributed by atoms with Gasteiger partial charge in [-0.2, -0.15) is 13.2 Å². The van der Waals surface area contributed by atoms with Crippen molar-refractivity contribution < 1.29 is 46.2 Å². The fourth-order valence-electron chi connectivity index (χ4n) is 3.77. The molecule has 4 N–H and O–H groups in total. The molecular weight excluding hydrogens is 569 g/mol. The van der Waals surface area contributed by atoms with Gasteiger partial charge in [0.25, 0.3) is 10.0 Å². The van der Waals surface area contributed by atoms with Gasteiger partial charge in [0, 0.05) is 38.4 Å². The number of alkyl halides is 3. The zero-order chi connectivity index (χ0) is 31.0. The Balaban J connectivity index is 0.000000745. The summed E-state index contributed by atoms with van der Waals surface area (Å²) in [6.45, 7) is 9.33. The van der Waals surface area contributed by atoms with E-state index >= 15 is 0 Å². The molecule has 0 atom stereocenters. The lowest BCUT2D eigenvalue weighted by Crippen LogP contribution is -2.49. The maximum absolute atomic E-state index is 12.9. The third kappa shape index (κ3) is 9.93. The van der Waals surface area contributed by atoms with E-state index in [1.807, 2.05) is 25.7 Å². The molecule has 2 aromatic rings. The third-order valence-electron chi connectivity index (χ3n) is 6.19. The summed E-state index contributed by atoms with van der Waals surface area (Å²) < 4.78 is 59.9. The van der Waals surface area contributed by atoms with Gasteiger partial charge in [-0.15, -0.1) is 0 Å². The smallest absolute Gasteiger partial charge is 0.478 e. The molecule has 0 saturated carbocycles. The molecule has 0 spiro atoms. The number of benzene rings is 2. The lowest BCUT2D eigenvalue weighted by atomic mass is 10.1. The second kappa shape index (κ2) is 14.2. The molecule has 1 aliphatic heterocycles. The Morgan fingerprint density at radius 3 is 2.07 bits per heavy atom. The maximum Gasteiger partial charge on any atom is 0.490 e. The van der Waals surface area contributed by atoms with E-state index in [0.717, 1.165) is 17.5 Å². The van der Waals surface area contributed by atoms with Gasteiger partial charge >= 0.3 is 18.1 Å². The normalized spacial score (nSPS) is 14.0. The van der Waals surface area contributed by atoms with E-state index in [2.05, 4.69) is 14.9 Å². The summed E-state index contributed by atoms with van der Waals surface area (Å²) in [4.78, 5) is 36.9. The number of carboxylic acid groups (broad SMARTS) is 2. The molecule has 0 radical (unpaired) electrons. The average molecular weight is 603 g/mol. The van der Waals surface area contributed by atoms with Gasteiger partial charge < -0.3 is 20.4 Å². The van der Waals surface area contributed by atoms with Crippen molar-refractivity contribution in [2.45, 2.75) is 38.3 Å². The number of nitrogens with zero attached hydrogens (tertiary/aromatic N) is 2. The fraction of sp³-hybridized carbons (Fsp3) is 0.423. The van der Waals surface area contributed by atoms with E-state index < -0.39 is 28.1 Å². The summed E-state index contributed by atoms with van der Waals surface area (Å²) in [7, 11) is -3.94. The number of hydrogen-bond acceptors (Lipinski definition) is 7. The van der Waals surface area contributed by atoms with Gasteiger partial charge in [-0.1, -0.05) is 13.0 Å². The van der Waals surface area contributed by atoms with Gasteiger partial charge in [0.05, 0.1) is 22.7 Å². The molecule has 226 valence electrons. The second-order valence-electron chi connectivity index (χ2n) is 9.30. The number of nitrogens with one attached hydrogen (secondary N) is 2. The molecular formula is C26H33F3N4O7S. The lowest BCUT2D eigenvalue weighted by molar-refractivity contribution is -0.192. The quantitative estimate of drug-likeness (QED) is 0.339. The van der Waals surface area contributed by atoms with Crippen molar-refractivity contribution in [3.63, 3.8) is 0 Å². The van der Waals surface area contributed by atoms with Gasteiger partial charge in [-0.25, -0.2) is 18.0 Å². The highest BCUT2D eigenvalue weighted by atomic mass is 32.2. The summed E-state index contributed by atoms with van der Waals surface area (Å²) >= 11 is 0. The number of carboxylic acids is 2. The standard InChI is InChI=1S/C24H32N4O5S.C2HF3O2/c1-4-9-25-23(29)16-27-10-12-28(13-11-27)19-6-8-22(21(15-19)24(30)31)26-34(32,33)20-7-5-17(2)18(3)14-20;3-2(4,5)1(6)7/h5-8,14-15,26H,4,9-13,16H2,1-3H3,(H,25,29)(H,30,31);(H,6,7). The van der Waals surface area contributed by atoms with Crippen LogP contribution in [0.3, 0.4) is 0 Å². The molecule has 15 heteroatoms. The van der Waals surface area contributed by atoms with Crippen molar-refractivity contribution >= 4 is 39.2 Å². The van der Waals surface area contributed by atoms with Gasteiger partial charge in [-0.3, -0.25) is 14.4 Å². The Hall–Kier alpha value is -3.85. The Morgan fingerprint density at radius 1 is 0.951 bits per heavy atom. The molecule has 1 amide bonds. The number of carbonyl (C=O) groups excluding carboxylic acids is 1. The molecule has 2 aromatic carbocycles. The maximum atomic E-state index is 12.9. The molecule has 1 saturated heterocycles. The van der Waals surface area contributed by atoms with Gasteiger partial charge in [-0.05, 0) is 61.7 Å². The number of aromatic carboxylic acids is 1. The van der Waals surface area contributed by atoms with E-state index in [1.54, 1.807) is 18.2 Å². The highest BCUT2D eigenvalue weighted by molar-refractivity contribution is 7.92. The molecule has 1 fully saturated rings. The zero-order valence-electron chi connectivity index (χ0n) is 22.8. The van der Waals surface area contributed by atoms with Gasteiger partial charge in [0.15, 0.2) is 0 Å². The van der Waals surface area contributed by atoms with Crippen LogP contribution in [0.25, 0.3) is 0 Å². The van der Waals surface area contributed by atoms with Crippen molar-refractivity contribution in [2.75, 3.05) is 48.9 Å². The van der Waals surface area contributed by atoms with Crippen LogP contribution in [-0.2, 0) is 19.6 Å². The molecule has 0 aromatic heterocycles. The summed E-state index contributed by atoms with van der Waals surface area (Å²) in [6, 6.07) is 9.48. The lowest BCUT2D eigenvalue weighted by Gasteiger charge is -2.36. The van der Waals surface area contributed by atoms with Crippen LogP contribution in [0.15, 0.2) is 41.3 Å². The molecule has 0 aliphatic carbocycles. The van der Waals surface area contributed by atoms with Crippen LogP contribution >= 0.6 is 0 Å². The number of amides is 1. The molecule has 1 heterocycles. The summed E-state index contributed by atoms with van der Waals surface area (Å²) in [6.07, 6.45) is -4.19. The molecule has 0 bridgehead atoms. The molecule has 1 aliphatic rings. The largest absolute Gasteiger partial charge is 0.490 e. The average Bonchev–Trinajstić information content (AvgIpc) is 2.89. The van der Waals surface area contributed by atoms with Gasteiger partial charge in [0.2, 0.25) is 5.91 Å². The first-order chi connectivity index (χ1) is 19.0. The van der Waals surface area contributed by atoms with Crippen LogP contribution in [0, 0.1) is 13.8 Å². The predicted molar refractivity (Wildman–Crippen MR) is 146 cm³/mol. The monoisotopic (exact) mass is 602 g/mol. The SMILES string of the molecule is CCCNC(=O)CN1CCN(c2ccc(NS(=O)(=O)c3ccc(C)c(C)c3)c(C(=O)O)c2)CC1.O=C(O)C(F)(F)F. The molecule has 11 nitrogen and oxygen atoms in total. The minimum atomic E-state index is -5.08. The van der Waals surface area contributed by atoms with Crippen LogP contribution in [0.1, 0.15) is 34.8 Å². The number of sulfonamides is 1. The molecule has 3 rings (SSSR count). The highest BCUT2D eigenvalue weighted by Gasteiger charge is 2.38. The van der Waals surface area contributed by atoms with E-state index in [-0.39, 0.29) is 22.1 Å². The molecule has 0 unspecified atom stereocenters. The molecule has 41 heavy (non-hydrogen) atoms. The Kier molecular flexibility index (Phi) is 11.5. The van der Waals surface area contributed by atoms with E-state index in [9.17, 15) is 36.3 Å². The summed E-state index contributed by atoms with van der Waals surface area (Å²) in [5.41, 5.74) is 2.39. The Morgan fingerprint density at radius 2 is 1.56 bits per heavy atom. The predicted octanol–water partition coefficient (Wildman–Crippen LogP) is 3.08. The second-order valence-corrected chi connectivity index (χ2v) is 11.0. The number of aryl methyl sites for hydroxylation is 2. The Bertz CT molecular complexity index is 1360. The van der Waals surface area contributed by atoms with E-state index in [4.69, 9.17) is 9.90 Å². The van der Waals surface area contributed by atoms with Crippen molar-refractivity contribution in [2.24, 2.45) is 0 Å². The fourth-order valence-corrected chi connectivity index (χ4v) is 4.93. The summed E-state index contributed by atoms with van der Waals surface area (Å²) in [5.74, 6) is -3.97. The highest BCUT2D eigenvalue weighted by Crippen LogP contribution is 2.27. The van der Waals surface area contributed by atoms with Gasteiger partial charge in [0.1, 0.15) is 0 Å². The Labute approximate surface area is 236 Å². The van der Waals surface area contributed by atoms with Crippen LogP contribution in [0.4, 0.5) is 24.5 Å². The number of aliphatic carboxylic acids is 1. The van der Waals surface area contributed by atoms with E-state index in [1.165, 1.54) is 18.2 Å². The van der Waals surface area contributed by atoms with Crippen molar-refractivity contribution in [1.82, 2.24) is 10.2 Å². The first-order valence-electron chi connectivity index (χ1n) is 12.6.